The molecule has 0 aliphatic carbocycles. The fraction of sp³-hybridized carbons (Fsp3) is 0.571. The molecular formula is C7H10BrN3O4. The summed E-state index contributed by atoms with van der Waals surface area (Å²) in [5.74, 6) is -0.250. The van der Waals surface area contributed by atoms with Crippen molar-refractivity contribution in [2.45, 2.75) is 19.1 Å². The third kappa shape index (κ3) is 3.26. The lowest BCUT2D eigenvalue weighted by atomic mass is 10.3. The standard InChI is InChI=1S/C7H10BrN3O4/c8-7-9-6(11(14)15)3-10(7)2-1-5(13)4-12/h3,5,12-13H,1-2,4H2/t5-/m1/s1. The zero-order valence-electron chi connectivity index (χ0n) is 7.71. The van der Waals surface area contributed by atoms with Crippen LogP contribution in [0.15, 0.2) is 10.9 Å². The molecule has 0 saturated heterocycles. The average molecular weight is 280 g/mol. The zero-order valence-corrected chi connectivity index (χ0v) is 9.29. The highest BCUT2D eigenvalue weighted by atomic mass is 79.9. The Kier molecular flexibility index (Phi) is 4.18. The fourth-order valence-corrected chi connectivity index (χ4v) is 1.47. The number of rotatable bonds is 5. The lowest BCUT2D eigenvalue weighted by molar-refractivity contribution is -0.389. The van der Waals surface area contributed by atoms with Crippen LogP contribution in [-0.2, 0) is 6.54 Å². The summed E-state index contributed by atoms with van der Waals surface area (Å²) in [6, 6.07) is 0. The van der Waals surface area contributed by atoms with Gasteiger partial charge in [-0.25, -0.2) is 0 Å². The van der Waals surface area contributed by atoms with Crippen molar-refractivity contribution in [3.63, 3.8) is 0 Å². The predicted octanol–water partition coefficient (Wildman–Crippen LogP) is 0.297. The Labute approximate surface area is 93.6 Å². The Bertz CT molecular complexity index is 354. The average Bonchev–Trinajstić information content (AvgIpc) is 2.56. The summed E-state index contributed by atoms with van der Waals surface area (Å²) in [5.41, 5.74) is 0. The van der Waals surface area contributed by atoms with Gasteiger partial charge in [0.25, 0.3) is 4.73 Å². The third-order valence-electron chi connectivity index (χ3n) is 1.82. The number of nitro groups is 1. The smallest absolute Gasteiger partial charge is 0.382 e. The van der Waals surface area contributed by atoms with Crippen molar-refractivity contribution in [1.82, 2.24) is 9.55 Å². The molecule has 84 valence electrons. The number of nitrogens with zero attached hydrogens (tertiary/aromatic N) is 3. The van der Waals surface area contributed by atoms with Gasteiger partial charge in [0.1, 0.15) is 6.20 Å². The molecule has 0 spiro atoms. The number of aliphatic hydroxyl groups is 2. The molecule has 8 heteroatoms. The molecule has 0 bridgehead atoms. The van der Waals surface area contributed by atoms with Gasteiger partial charge in [-0.2, -0.15) is 0 Å². The highest BCUT2D eigenvalue weighted by molar-refractivity contribution is 9.10. The number of imidazole rings is 1. The molecule has 1 aromatic heterocycles. The Balaban J connectivity index is 2.65. The second-order valence-corrected chi connectivity index (χ2v) is 3.65. The lowest BCUT2D eigenvalue weighted by Gasteiger charge is -2.06. The largest absolute Gasteiger partial charge is 0.394 e. The first-order valence-corrected chi connectivity index (χ1v) is 5.00. The van der Waals surface area contributed by atoms with Crippen LogP contribution in [0.1, 0.15) is 6.42 Å². The summed E-state index contributed by atoms with van der Waals surface area (Å²) in [6.07, 6.45) is 0.759. The van der Waals surface area contributed by atoms with Crippen molar-refractivity contribution in [2.24, 2.45) is 0 Å². The number of hydrogen-bond acceptors (Lipinski definition) is 5. The van der Waals surface area contributed by atoms with Crippen molar-refractivity contribution in [3.8, 4) is 0 Å². The van der Waals surface area contributed by atoms with E-state index in [-0.39, 0.29) is 12.4 Å². The number of aromatic nitrogens is 2. The van der Waals surface area contributed by atoms with Crippen molar-refractivity contribution in [3.05, 3.63) is 21.0 Å². The first-order chi connectivity index (χ1) is 7.04. The van der Waals surface area contributed by atoms with E-state index in [9.17, 15) is 10.1 Å². The van der Waals surface area contributed by atoms with Gasteiger partial charge in [0.05, 0.1) is 12.7 Å². The number of aliphatic hydroxyl groups excluding tert-OH is 2. The van der Waals surface area contributed by atoms with Crippen LogP contribution in [0.5, 0.6) is 0 Å². The molecule has 1 heterocycles. The lowest BCUT2D eigenvalue weighted by Crippen LogP contribution is -2.14. The highest BCUT2D eigenvalue weighted by Gasteiger charge is 2.16. The molecule has 0 aliphatic heterocycles. The first-order valence-electron chi connectivity index (χ1n) is 4.20. The van der Waals surface area contributed by atoms with Gasteiger partial charge in [-0.1, -0.05) is 0 Å². The van der Waals surface area contributed by atoms with Crippen LogP contribution in [0.3, 0.4) is 0 Å². The van der Waals surface area contributed by atoms with Gasteiger partial charge in [0, 0.05) is 22.5 Å². The molecular weight excluding hydrogens is 270 g/mol. The zero-order chi connectivity index (χ0) is 11.4. The Morgan fingerprint density at radius 3 is 2.87 bits per heavy atom. The van der Waals surface area contributed by atoms with E-state index in [4.69, 9.17) is 10.2 Å². The summed E-state index contributed by atoms with van der Waals surface area (Å²) < 4.78 is 1.83. The van der Waals surface area contributed by atoms with Gasteiger partial charge in [-0.3, -0.25) is 4.57 Å². The van der Waals surface area contributed by atoms with Crippen LogP contribution in [0.25, 0.3) is 0 Å². The second kappa shape index (κ2) is 5.19. The van der Waals surface area contributed by atoms with Crippen LogP contribution < -0.4 is 0 Å². The molecule has 15 heavy (non-hydrogen) atoms. The summed E-state index contributed by atoms with van der Waals surface area (Å²) >= 11 is 3.06. The maximum atomic E-state index is 10.4. The van der Waals surface area contributed by atoms with Gasteiger partial charge >= 0.3 is 5.82 Å². The van der Waals surface area contributed by atoms with E-state index in [1.54, 1.807) is 0 Å². The summed E-state index contributed by atoms with van der Waals surface area (Å²) in [4.78, 5) is 13.4. The molecule has 1 rings (SSSR count). The van der Waals surface area contributed by atoms with Crippen molar-refractivity contribution >= 4 is 21.7 Å². The van der Waals surface area contributed by atoms with Crippen LogP contribution in [0.2, 0.25) is 0 Å². The molecule has 0 amide bonds. The minimum Gasteiger partial charge on any atom is -0.394 e. The van der Waals surface area contributed by atoms with E-state index >= 15 is 0 Å². The quantitative estimate of drug-likeness (QED) is 0.596. The Morgan fingerprint density at radius 2 is 2.40 bits per heavy atom. The molecule has 1 aromatic rings. The van der Waals surface area contributed by atoms with E-state index in [1.165, 1.54) is 10.8 Å². The van der Waals surface area contributed by atoms with Crippen LogP contribution in [0.4, 0.5) is 5.82 Å². The van der Waals surface area contributed by atoms with Gasteiger partial charge in [0.2, 0.25) is 0 Å². The fourth-order valence-electron chi connectivity index (χ4n) is 1.00. The molecule has 7 nitrogen and oxygen atoms in total. The maximum absolute atomic E-state index is 10.4. The molecule has 2 N–H and O–H groups in total. The first kappa shape index (κ1) is 12.1. The van der Waals surface area contributed by atoms with Gasteiger partial charge < -0.3 is 20.3 Å². The van der Waals surface area contributed by atoms with E-state index < -0.39 is 11.0 Å². The third-order valence-corrected chi connectivity index (χ3v) is 2.45. The molecule has 0 aromatic carbocycles. The van der Waals surface area contributed by atoms with Gasteiger partial charge in [-0.05, 0) is 16.3 Å². The monoisotopic (exact) mass is 279 g/mol. The minimum absolute atomic E-state index is 0.250. The second-order valence-electron chi connectivity index (χ2n) is 2.94. The number of halogens is 1. The van der Waals surface area contributed by atoms with Gasteiger partial charge in [0.15, 0.2) is 0 Å². The molecule has 0 aliphatic rings. The molecule has 1 atom stereocenters. The van der Waals surface area contributed by atoms with Crippen LogP contribution in [0, 0.1) is 10.1 Å². The number of aryl methyl sites for hydroxylation is 1. The van der Waals surface area contributed by atoms with Crippen molar-refractivity contribution in [2.75, 3.05) is 6.61 Å². The van der Waals surface area contributed by atoms with Crippen molar-refractivity contribution < 1.29 is 15.1 Å². The Hall–Kier alpha value is -0.990. The predicted molar refractivity (Wildman–Crippen MR) is 54.3 cm³/mol. The minimum atomic E-state index is -0.821. The summed E-state index contributed by atoms with van der Waals surface area (Å²) in [6.45, 7) is 0.0254. The van der Waals surface area contributed by atoms with E-state index in [2.05, 4.69) is 20.9 Å². The normalized spacial score (nSPS) is 12.7. The molecule has 0 unspecified atom stereocenters. The summed E-state index contributed by atoms with van der Waals surface area (Å²) in [5, 5.41) is 28.1. The van der Waals surface area contributed by atoms with E-state index in [1.807, 2.05) is 0 Å². The van der Waals surface area contributed by atoms with Crippen molar-refractivity contribution in [1.29, 1.82) is 0 Å². The SMILES string of the molecule is O=[N+]([O-])c1cn(CC[C@@H](O)CO)c(Br)n1. The summed E-state index contributed by atoms with van der Waals surface area (Å²) in [7, 11) is 0. The molecule has 0 radical (unpaired) electrons. The molecule has 0 fully saturated rings. The number of hydrogen-bond donors (Lipinski definition) is 2. The van der Waals surface area contributed by atoms with Gasteiger partial charge in [-0.15, -0.1) is 0 Å². The topological polar surface area (TPSA) is 101 Å². The molecule has 0 saturated carbocycles. The highest BCUT2D eigenvalue weighted by Crippen LogP contribution is 2.16. The Morgan fingerprint density at radius 1 is 1.73 bits per heavy atom. The van der Waals surface area contributed by atoms with E-state index in [0.29, 0.717) is 17.7 Å². The van der Waals surface area contributed by atoms with Crippen LogP contribution in [-0.4, -0.2) is 37.4 Å². The van der Waals surface area contributed by atoms with Crippen LogP contribution >= 0.6 is 15.9 Å². The van der Waals surface area contributed by atoms with E-state index in [0.717, 1.165) is 0 Å². The maximum Gasteiger partial charge on any atom is 0.382 e.